The normalized spacial score (nSPS) is 29.4. The highest BCUT2D eigenvalue weighted by Crippen LogP contribution is 2.27. The summed E-state index contributed by atoms with van der Waals surface area (Å²) >= 11 is 4.42. The average molecular weight is 229 g/mol. The van der Waals surface area contributed by atoms with Gasteiger partial charge >= 0.3 is 0 Å². The molecule has 15 heavy (non-hydrogen) atoms. The molecule has 1 aliphatic carbocycles. The third kappa shape index (κ3) is 4.36. The maximum atomic E-state index is 4.42. The van der Waals surface area contributed by atoms with Crippen LogP contribution in [-0.4, -0.2) is 30.3 Å². The summed E-state index contributed by atoms with van der Waals surface area (Å²) in [6.45, 7) is 5.90. The summed E-state index contributed by atoms with van der Waals surface area (Å²) in [5, 5.41) is 0. The molecule has 0 amide bonds. The molecule has 0 aromatic carbocycles. The van der Waals surface area contributed by atoms with Crippen molar-refractivity contribution in [3.05, 3.63) is 0 Å². The van der Waals surface area contributed by atoms with Gasteiger partial charge in [0.15, 0.2) is 0 Å². The van der Waals surface area contributed by atoms with E-state index in [1.54, 1.807) is 0 Å². The van der Waals surface area contributed by atoms with E-state index in [4.69, 9.17) is 0 Å². The van der Waals surface area contributed by atoms with Gasteiger partial charge in [-0.2, -0.15) is 12.6 Å². The van der Waals surface area contributed by atoms with E-state index >= 15 is 0 Å². The number of rotatable bonds is 5. The molecule has 0 spiro atoms. The van der Waals surface area contributed by atoms with Crippen molar-refractivity contribution in [1.82, 2.24) is 4.90 Å². The van der Waals surface area contributed by atoms with Crippen molar-refractivity contribution in [3.8, 4) is 0 Å². The summed E-state index contributed by atoms with van der Waals surface area (Å²) < 4.78 is 0. The Morgan fingerprint density at radius 1 is 1.27 bits per heavy atom. The van der Waals surface area contributed by atoms with E-state index in [1.165, 1.54) is 38.6 Å². The summed E-state index contributed by atoms with van der Waals surface area (Å²) in [7, 11) is 2.30. The fourth-order valence-electron chi connectivity index (χ4n) is 2.56. The molecule has 0 aliphatic heterocycles. The second-order valence-corrected chi connectivity index (χ2v) is 5.68. The summed E-state index contributed by atoms with van der Waals surface area (Å²) in [5.41, 5.74) is 0. The predicted octanol–water partition coefficient (Wildman–Crippen LogP) is 3.45. The molecule has 0 saturated heterocycles. The highest BCUT2D eigenvalue weighted by molar-refractivity contribution is 7.80. The minimum atomic E-state index is 0.776. The zero-order chi connectivity index (χ0) is 11.3. The first-order chi connectivity index (χ1) is 7.17. The molecule has 0 aromatic heterocycles. The van der Waals surface area contributed by atoms with Crippen molar-refractivity contribution in [3.63, 3.8) is 0 Å². The summed E-state index contributed by atoms with van der Waals surface area (Å²) in [4.78, 5) is 2.58. The topological polar surface area (TPSA) is 3.24 Å². The lowest BCUT2D eigenvalue weighted by molar-refractivity contribution is 0.152. The van der Waals surface area contributed by atoms with E-state index < -0.39 is 0 Å². The molecule has 1 saturated carbocycles. The summed E-state index contributed by atoms with van der Waals surface area (Å²) in [6.07, 6.45) is 6.91. The van der Waals surface area contributed by atoms with Crippen molar-refractivity contribution >= 4 is 12.6 Å². The highest BCUT2D eigenvalue weighted by Gasteiger charge is 2.22. The molecule has 0 heterocycles. The van der Waals surface area contributed by atoms with Gasteiger partial charge in [-0.05, 0) is 50.3 Å². The Bertz CT molecular complexity index is 160. The fraction of sp³-hybridized carbons (Fsp3) is 1.00. The molecule has 2 heteroatoms. The van der Waals surface area contributed by atoms with Crippen molar-refractivity contribution in [1.29, 1.82) is 0 Å². The van der Waals surface area contributed by atoms with Crippen LogP contribution in [0.25, 0.3) is 0 Å². The smallest absolute Gasteiger partial charge is 0.00925 e. The molecular weight excluding hydrogens is 202 g/mol. The van der Waals surface area contributed by atoms with Gasteiger partial charge in [-0.25, -0.2) is 0 Å². The Kier molecular flexibility index (Phi) is 6.06. The molecule has 0 bridgehead atoms. The van der Waals surface area contributed by atoms with E-state index in [1.807, 2.05) is 0 Å². The first-order valence-electron chi connectivity index (χ1n) is 6.48. The first kappa shape index (κ1) is 13.4. The summed E-state index contributed by atoms with van der Waals surface area (Å²) in [5.74, 6) is 2.77. The molecule has 1 atom stereocenters. The van der Waals surface area contributed by atoms with Crippen LogP contribution in [0.2, 0.25) is 0 Å². The van der Waals surface area contributed by atoms with Crippen LogP contribution in [0.5, 0.6) is 0 Å². The van der Waals surface area contributed by atoms with Gasteiger partial charge in [-0.15, -0.1) is 0 Å². The Morgan fingerprint density at radius 3 is 2.33 bits per heavy atom. The lowest BCUT2D eigenvalue weighted by Crippen LogP contribution is -2.38. The van der Waals surface area contributed by atoms with E-state index in [0.717, 1.165) is 23.6 Å². The first-order valence-corrected chi connectivity index (χ1v) is 7.11. The minimum Gasteiger partial charge on any atom is -0.303 e. The fourth-order valence-corrected chi connectivity index (χ4v) is 2.93. The third-order valence-electron chi connectivity index (χ3n) is 3.99. The largest absolute Gasteiger partial charge is 0.303 e. The number of hydrogen-bond acceptors (Lipinski definition) is 2. The van der Waals surface area contributed by atoms with Crippen LogP contribution in [0, 0.1) is 11.8 Å². The number of hydrogen-bond donors (Lipinski definition) is 1. The van der Waals surface area contributed by atoms with Gasteiger partial charge in [0.25, 0.3) is 0 Å². The average Bonchev–Trinajstić information content (AvgIpc) is 2.26. The quantitative estimate of drug-likeness (QED) is 0.707. The zero-order valence-corrected chi connectivity index (χ0v) is 11.5. The lowest BCUT2D eigenvalue weighted by Gasteiger charge is -2.35. The molecule has 1 unspecified atom stereocenters. The molecule has 1 aliphatic rings. The molecule has 1 fully saturated rings. The van der Waals surface area contributed by atoms with Crippen LogP contribution in [0.15, 0.2) is 0 Å². The van der Waals surface area contributed by atoms with Crippen molar-refractivity contribution in [2.24, 2.45) is 11.8 Å². The number of thiol groups is 1. The number of nitrogens with zero attached hydrogens (tertiary/aromatic N) is 1. The van der Waals surface area contributed by atoms with Gasteiger partial charge < -0.3 is 4.90 Å². The molecule has 1 rings (SSSR count). The third-order valence-corrected chi connectivity index (χ3v) is 4.51. The van der Waals surface area contributed by atoms with Crippen molar-refractivity contribution < 1.29 is 0 Å². The minimum absolute atomic E-state index is 0.776. The maximum Gasteiger partial charge on any atom is 0.00925 e. The van der Waals surface area contributed by atoms with E-state index in [-0.39, 0.29) is 0 Å². The molecule has 0 radical (unpaired) electrons. The van der Waals surface area contributed by atoms with Crippen LogP contribution in [0.4, 0.5) is 0 Å². The Labute approximate surface area is 101 Å². The van der Waals surface area contributed by atoms with Gasteiger partial charge in [-0.1, -0.05) is 20.3 Å². The van der Waals surface area contributed by atoms with E-state index in [9.17, 15) is 0 Å². The second kappa shape index (κ2) is 6.80. The van der Waals surface area contributed by atoms with Gasteiger partial charge in [0.1, 0.15) is 0 Å². The second-order valence-electron chi connectivity index (χ2n) is 5.31. The molecule has 90 valence electrons. The molecular formula is C13H27NS. The van der Waals surface area contributed by atoms with E-state index in [0.29, 0.717) is 0 Å². The van der Waals surface area contributed by atoms with Crippen LogP contribution in [0.3, 0.4) is 0 Å². The van der Waals surface area contributed by atoms with Crippen molar-refractivity contribution in [2.75, 3.05) is 19.3 Å². The standard InChI is InChI=1S/C13H27NS/c1-4-12(10-15)9-14(3)13-7-5-11(2)6-8-13/h11-13,15H,4-10H2,1-3H3. The van der Waals surface area contributed by atoms with Gasteiger partial charge in [0.05, 0.1) is 0 Å². The zero-order valence-electron chi connectivity index (χ0n) is 10.6. The van der Waals surface area contributed by atoms with Crippen LogP contribution < -0.4 is 0 Å². The lowest BCUT2D eigenvalue weighted by atomic mass is 9.86. The van der Waals surface area contributed by atoms with Crippen LogP contribution in [0.1, 0.15) is 46.0 Å². The Balaban J connectivity index is 2.30. The van der Waals surface area contributed by atoms with Gasteiger partial charge in [0, 0.05) is 12.6 Å². The van der Waals surface area contributed by atoms with Crippen molar-refractivity contribution in [2.45, 2.75) is 52.0 Å². The predicted molar refractivity (Wildman–Crippen MR) is 71.7 cm³/mol. The summed E-state index contributed by atoms with van der Waals surface area (Å²) in [6, 6.07) is 0.843. The van der Waals surface area contributed by atoms with Crippen LogP contribution >= 0.6 is 12.6 Å². The van der Waals surface area contributed by atoms with Crippen LogP contribution in [-0.2, 0) is 0 Å². The monoisotopic (exact) mass is 229 g/mol. The van der Waals surface area contributed by atoms with E-state index in [2.05, 4.69) is 38.4 Å². The molecule has 0 aromatic rings. The van der Waals surface area contributed by atoms with Gasteiger partial charge in [-0.3, -0.25) is 0 Å². The highest BCUT2D eigenvalue weighted by atomic mass is 32.1. The van der Waals surface area contributed by atoms with Gasteiger partial charge in [0.2, 0.25) is 0 Å². The molecule has 1 nitrogen and oxygen atoms in total. The Morgan fingerprint density at radius 2 is 1.87 bits per heavy atom. The maximum absolute atomic E-state index is 4.42. The SMILES string of the molecule is CCC(CS)CN(C)C1CCC(C)CC1. The molecule has 0 N–H and O–H groups in total. The Hall–Kier alpha value is 0.310.